The Balaban J connectivity index is 1.55. The van der Waals surface area contributed by atoms with E-state index >= 15 is 0 Å². The van der Waals surface area contributed by atoms with Gasteiger partial charge in [-0.2, -0.15) is 0 Å². The summed E-state index contributed by atoms with van der Waals surface area (Å²) in [6, 6.07) is 9.70. The van der Waals surface area contributed by atoms with Crippen molar-refractivity contribution in [3.05, 3.63) is 58.7 Å². The van der Waals surface area contributed by atoms with Gasteiger partial charge in [0, 0.05) is 23.5 Å². The zero-order chi connectivity index (χ0) is 19.4. The molecule has 0 amide bonds. The number of ether oxygens (including phenoxy) is 1. The molecule has 3 aromatic rings. The van der Waals surface area contributed by atoms with Crippen LogP contribution in [0.1, 0.15) is 40.1 Å². The fourth-order valence-electron chi connectivity index (χ4n) is 2.98. The minimum absolute atomic E-state index is 0.0589. The van der Waals surface area contributed by atoms with E-state index in [1.165, 1.54) is 11.8 Å². The molecular weight excluding hydrogens is 362 g/mol. The van der Waals surface area contributed by atoms with Gasteiger partial charge in [-0.3, -0.25) is 4.79 Å². The third-order valence-corrected chi connectivity index (χ3v) is 5.14. The number of hydrogen-bond acceptors (Lipinski definition) is 6. The van der Waals surface area contributed by atoms with E-state index in [4.69, 9.17) is 9.15 Å². The maximum atomic E-state index is 12.5. The molecule has 142 valence electrons. The van der Waals surface area contributed by atoms with Crippen molar-refractivity contribution >= 4 is 17.5 Å². The van der Waals surface area contributed by atoms with Gasteiger partial charge in [0.15, 0.2) is 12.4 Å². The van der Waals surface area contributed by atoms with Crippen LogP contribution < -0.4 is 4.74 Å². The second kappa shape index (κ2) is 8.43. The minimum Gasteiger partial charge on any atom is -0.484 e. The number of benzene rings is 1. The van der Waals surface area contributed by atoms with Crippen molar-refractivity contribution in [2.24, 2.45) is 0 Å². The van der Waals surface area contributed by atoms with E-state index in [-0.39, 0.29) is 18.1 Å². The van der Waals surface area contributed by atoms with Crippen LogP contribution in [-0.4, -0.2) is 26.3 Å². The van der Waals surface area contributed by atoms with Gasteiger partial charge in [-0.15, -0.1) is 10.2 Å². The Bertz CT molecular complexity index is 946. The van der Waals surface area contributed by atoms with Crippen molar-refractivity contribution in [3.8, 4) is 5.75 Å². The van der Waals surface area contributed by atoms with Crippen LogP contribution in [0.2, 0.25) is 0 Å². The van der Waals surface area contributed by atoms with E-state index in [9.17, 15) is 4.79 Å². The summed E-state index contributed by atoms with van der Waals surface area (Å²) < 4.78 is 13.3. The molecule has 0 unspecified atom stereocenters. The molecular formula is C20H23N3O3S. The summed E-state index contributed by atoms with van der Waals surface area (Å²) in [6.45, 7) is 9.11. The highest BCUT2D eigenvalue weighted by Crippen LogP contribution is 2.22. The molecule has 2 aromatic heterocycles. The van der Waals surface area contributed by atoms with Crippen molar-refractivity contribution in [1.82, 2.24) is 14.8 Å². The van der Waals surface area contributed by atoms with Gasteiger partial charge in [-0.05, 0) is 51.5 Å². The van der Waals surface area contributed by atoms with Crippen molar-refractivity contribution in [2.75, 3.05) is 5.75 Å². The number of carbonyl (C=O) groups is 1. The topological polar surface area (TPSA) is 70.2 Å². The molecule has 0 bridgehead atoms. The van der Waals surface area contributed by atoms with E-state index in [1.54, 1.807) is 0 Å². The smallest absolute Gasteiger partial charge is 0.277 e. The first-order valence-electron chi connectivity index (χ1n) is 8.82. The lowest BCUT2D eigenvalue weighted by Gasteiger charge is -2.05. The molecule has 27 heavy (non-hydrogen) atoms. The summed E-state index contributed by atoms with van der Waals surface area (Å²) in [6.07, 6.45) is 0. The molecule has 0 aliphatic carbocycles. The second-order valence-electron chi connectivity index (χ2n) is 6.31. The standard InChI is InChI=1S/C20H23N3O3S/c1-5-23-14(3)10-17(15(23)4)18(24)12-27-20-22-21-19(26-20)11-25-16-8-6-7-13(2)9-16/h6-10H,5,11-12H2,1-4H3. The number of thioether (sulfide) groups is 1. The molecule has 0 saturated carbocycles. The monoisotopic (exact) mass is 385 g/mol. The number of nitrogens with zero attached hydrogens (tertiary/aromatic N) is 3. The van der Waals surface area contributed by atoms with Gasteiger partial charge >= 0.3 is 0 Å². The van der Waals surface area contributed by atoms with Crippen LogP contribution in [0.3, 0.4) is 0 Å². The Hall–Kier alpha value is -2.54. The molecule has 3 rings (SSSR count). The summed E-state index contributed by atoms with van der Waals surface area (Å²) in [4.78, 5) is 12.5. The largest absolute Gasteiger partial charge is 0.484 e. The Morgan fingerprint density at radius 2 is 2.04 bits per heavy atom. The van der Waals surface area contributed by atoms with E-state index in [1.807, 2.05) is 51.1 Å². The number of hydrogen-bond donors (Lipinski definition) is 0. The Morgan fingerprint density at radius 1 is 1.22 bits per heavy atom. The van der Waals surface area contributed by atoms with Gasteiger partial charge in [0.1, 0.15) is 5.75 Å². The summed E-state index contributed by atoms with van der Waals surface area (Å²) in [5, 5.41) is 8.33. The summed E-state index contributed by atoms with van der Waals surface area (Å²) in [5.74, 6) is 1.46. The summed E-state index contributed by atoms with van der Waals surface area (Å²) >= 11 is 1.25. The second-order valence-corrected chi connectivity index (χ2v) is 7.23. The Labute approximate surface area is 162 Å². The van der Waals surface area contributed by atoms with Crippen LogP contribution in [-0.2, 0) is 13.2 Å². The molecule has 6 nitrogen and oxygen atoms in total. The molecule has 0 aliphatic rings. The third kappa shape index (κ3) is 4.60. The van der Waals surface area contributed by atoms with E-state index in [0.717, 1.165) is 34.8 Å². The lowest BCUT2D eigenvalue weighted by Crippen LogP contribution is -2.05. The quantitative estimate of drug-likeness (QED) is 0.424. The van der Waals surface area contributed by atoms with E-state index in [2.05, 4.69) is 21.7 Å². The van der Waals surface area contributed by atoms with Crippen LogP contribution in [0.15, 0.2) is 40.0 Å². The first kappa shape index (κ1) is 19.2. The third-order valence-electron chi connectivity index (χ3n) is 4.32. The number of Topliss-reactive ketones (excluding diaryl/α,β-unsaturated/α-hetero) is 1. The fourth-order valence-corrected chi connectivity index (χ4v) is 3.64. The van der Waals surface area contributed by atoms with Crippen molar-refractivity contribution < 1.29 is 13.9 Å². The number of carbonyl (C=O) groups excluding carboxylic acids is 1. The Kier molecular flexibility index (Phi) is 6.01. The van der Waals surface area contributed by atoms with Crippen molar-refractivity contribution in [1.29, 1.82) is 0 Å². The molecule has 0 spiro atoms. The molecule has 1 aromatic carbocycles. The molecule has 7 heteroatoms. The number of aromatic nitrogens is 3. The SMILES string of the molecule is CCn1c(C)cc(C(=O)CSc2nnc(COc3cccc(C)c3)o2)c1C. The predicted octanol–water partition coefficient (Wildman–Crippen LogP) is 4.37. The highest BCUT2D eigenvalue weighted by atomic mass is 32.2. The maximum absolute atomic E-state index is 12.5. The van der Waals surface area contributed by atoms with Gasteiger partial charge < -0.3 is 13.7 Å². The predicted molar refractivity (Wildman–Crippen MR) is 104 cm³/mol. The van der Waals surface area contributed by atoms with Crippen molar-refractivity contribution in [3.63, 3.8) is 0 Å². The van der Waals surface area contributed by atoms with Crippen LogP contribution in [0.4, 0.5) is 0 Å². The summed E-state index contributed by atoms with van der Waals surface area (Å²) in [5.41, 5.74) is 3.97. The Morgan fingerprint density at radius 3 is 2.74 bits per heavy atom. The van der Waals surface area contributed by atoms with Crippen LogP contribution in [0.5, 0.6) is 5.75 Å². The van der Waals surface area contributed by atoms with Gasteiger partial charge in [-0.25, -0.2) is 0 Å². The molecule has 0 radical (unpaired) electrons. The highest BCUT2D eigenvalue weighted by molar-refractivity contribution is 7.99. The molecule has 0 fully saturated rings. The maximum Gasteiger partial charge on any atom is 0.277 e. The zero-order valence-corrected chi connectivity index (χ0v) is 16.8. The molecule has 0 aliphatic heterocycles. The van der Waals surface area contributed by atoms with Crippen molar-refractivity contribution in [2.45, 2.75) is 46.1 Å². The zero-order valence-electron chi connectivity index (χ0n) is 16.0. The molecule has 0 N–H and O–H groups in total. The lowest BCUT2D eigenvalue weighted by molar-refractivity contribution is 0.102. The molecule has 0 saturated heterocycles. The lowest BCUT2D eigenvalue weighted by atomic mass is 10.2. The minimum atomic E-state index is 0.0589. The molecule has 2 heterocycles. The number of aryl methyl sites for hydroxylation is 2. The van der Waals surface area contributed by atoms with Crippen LogP contribution >= 0.6 is 11.8 Å². The number of ketones is 1. The normalized spacial score (nSPS) is 11.0. The highest BCUT2D eigenvalue weighted by Gasteiger charge is 2.17. The van der Waals surface area contributed by atoms with Gasteiger partial charge in [0.2, 0.25) is 0 Å². The van der Waals surface area contributed by atoms with Crippen LogP contribution in [0, 0.1) is 20.8 Å². The first-order valence-corrected chi connectivity index (χ1v) is 9.81. The van der Waals surface area contributed by atoms with E-state index in [0.29, 0.717) is 11.1 Å². The van der Waals surface area contributed by atoms with Gasteiger partial charge in [-0.1, -0.05) is 23.9 Å². The summed E-state index contributed by atoms with van der Waals surface area (Å²) in [7, 11) is 0. The van der Waals surface area contributed by atoms with Gasteiger partial charge in [0.05, 0.1) is 5.75 Å². The average molecular weight is 385 g/mol. The fraction of sp³-hybridized carbons (Fsp3) is 0.350. The number of rotatable bonds is 8. The van der Waals surface area contributed by atoms with Gasteiger partial charge in [0.25, 0.3) is 11.1 Å². The van der Waals surface area contributed by atoms with E-state index < -0.39 is 0 Å². The van der Waals surface area contributed by atoms with Crippen LogP contribution in [0.25, 0.3) is 0 Å². The molecule has 0 atom stereocenters. The first-order chi connectivity index (χ1) is 13.0. The average Bonchev–Trinajstić information content (AvgIpc) is 3.22.